The smallest absolute Gasteiger partial charge is 0.232 e. The van der Waals surface area contributed by atoms with Crippen LogP contribution in [0.5, 0.6) is 5.88 Å². The highest BCUT2D eigenvalue weighted by atomic mass is 79.9. The van der Waals surface area contributed by atoms with Crippen LogP contribution in [0, 0.1) is 11.8 Å². The van der Waals surface area contributed by atoms with E-state index in [1.165, 1.54) is 6.42 Å². The van der Waals surface area contributed by atoms with Gasteiger partial charge >= 0.3 is 0 Å². The Kier molecular flexibility index (Phi) is 3.86. The molecule has 0 bridgehead atoms. The topological polar surface area (TPSA) is 38.2 Å². The van der Waals surface area contributed by atoms with Crippen LogP contribution in [-0.2, 0) is 0 Å². The van der Waals surface area contributed by atoms with Crippen molar-refractivity contribution in [2.45, 2.75) is 20.3 Å². The molecule has 94 valence electrons. The maximum absolute atomic E-state index is 5.21. The van der Waals surface area contributed by atoms with Crippen LogP contribution in [0.15, 0.2) is 10.7 Å². The van der Waals surface area contributed by atoms with E-state index in [0.29, 0.717) is 17.7 Å². The van der Waals surface area contributed by atoms with Crippen molar-refractivity contribution in [1.82, 2.24) is 9.97 Å². The highest BCUT2D eigenvalue weighted by Crippen LogP contribution is 2.27. The van der Waals surface area contributed by atoms with E-state index in [-0.39, 0.29) is 0 Å². The van der Waals surface area contributed by atoms with Gasteiger partial charge in [-0.2, -0.15) is 4.98 Å². The summed E-state index contributed by atoms with van der Waals surface area (Å²) in [6.45, 7) is 6.60. The van der Waals surface area contributed by atoms with Crippen molar-refractivity contribution < 1.29 is 4.74 Å². The molecule has 2 atom stereocenters. The van der Waals surface area contributed by atoms with Crippen LogP contribution in [0.25, 0.3) is 0 Å². The minimum absolute atomic E-state index is 0.598. The van der Waals surface area contributed by atoms with Gasteiger partial charge in [-0.3, -0.25) is 0 Å². The molecular formula is C12H18BrN3O. The van der Waals surface area contributed by atoms with E-state index >= 15 is 0 Å². The van der Waals surface area contributed by atoms with Crippen molar-refractivity contribution in [2.24, 2.45) is 11.8 Å². The summed E-state index contributed by atoms with van der Waals surface area (Å²) in [5, 5.41) is 0. The largest absolute Gasteiger partial charge is 0.480 e. The fraction of sp³-hybridized carbons (Fsp3) is 0.667. The number of halogens is 1. The lowest BCUT2D eigenvalue weighted by molar-refractivity contribution is 0.350. The molecule has 1 aliphatic rings. The molecule has 5 heteroatoms. The lowest BCUT2D eigenvalue weighted by Crippen LogP contribution is -2.39. The van der Waals surface area contributed by atoms with Crippen molar-refractivity contribution in [1.29, 1.82) is 0 Å². The van der Waals surface area contributed by atoms with Gasteiger partial charge in [-0.25, -0.2) is 4.98 Å². The first-order chi connectivity index (χ1) is 8.10. The van der Waals surface area contributed by atoms with Crippen LogP contribution < -0.4 is 9.64 Å². The number of nitrogens with zero attached hydrogens (tertiary/aromatic N) is 3. The Labute approximate surface area is 111 Å². The highest BCUT2D eigenvalue weighted by Gasteiger charge is 2.24. The predicted octanol–water partition coefficient (Wildman–Crippen LogP) is 2.73. The van der Waals surface area contributed by atoms with Gasteiger partial charge in [-0.15, -0.1) is 0 Å². The Morgan fingerprint density at radius 1 is 1.35 bits per heavy atom. The molecule has 1 aromatic heterocycles. The fourth-order valence-electron chi connectivity index (χ4n) is 2.46. The van der Waals surface area contributed by atoms with Crippen LogP contribution in [0.3, 0.4) is 0 Å². The Bertz CT molecular complexity index is 389. The van der Waals surface area contributed by atoms with Crippen molar-refractivity contribution in [3.05, 3.63) is 10.7 Å². The zero-order chi connectivity index (χ0) is 12.4. The van der Waals surface area contributed by atoms with Crippen molar-refractivity contribution >= 4 is 21.9 Å². The summed E-state index contributed by atoms with van der Waals surface area (Å²) in [6, 6.07) is 0. The van der Waals surface area contributed by atoms with Crippen LogP contribution in [-0.4, -0.2) is 30.2 Å². The summed E-state index contributed by atoms with van der Waals surface area (Å²) < 4.78 is 6.00. The van der Waals surface area contributed by atoms with Crippen LogP contribution >= 0.6 is 15.9 Å². The zero-order valence-electron chi connectivity index (χ0n) is 10.5. The lowest BCUT2D eigenvalue weighted by Gasteiger charge is -2.35. The molecule has 4 nitrogen and oxygen atoms in total. The number of anilines is 1. The quantitative estimate of drug-likeness (QED) is 0.842. The molecule has 2 heterocycles. The van der Waals surface area contributed by atoms with Gasteiger partial charge in [-0.05, 0) is 34.2 Å². The van der Waals surface area contributed by atoms with Crippen LogP contribution in [0.2, 0.25) is 0 Å². The lowest BCUT2D eigenvalue weighted by atomic mass is 9.92. The van der Waals surface area contributed by atoms with Gasteiger partial charge in [-0.1, -0.05) is 13.8 Å². The van der Waals surface area contributed by atoms with E-state index in [0.717, 1.165) is 23.5 Å². The molecule has 0 N–H and O–H groups in total. The molecule has 0 aliphatic carbocycles. The zero-order valence-corrected chi connectivity index (χ0v) is 12.1. The summed E-state index contributed by atoms with van der Waals surface area (Å²) in [4.78, 5) is 11.0. The third-order valence-corrected chi connectivity index (χ3v) is 3.59. The van der Waals surface area contributed by atoms with E-state index in [1.807, 2.05) is 0 Å². The van der Waals surface area contributed by atoms with Crippen LogP contribution in [0.4, 0.5) is 5.95 Å². The first kappa shape index (κ1) is 12.6. The summed E-state index contributed by atoms with van der Waals surface area (Å²) in [5.74, 6) is 2.75. The predicted molar refractivity (Wildman–Crippen MR) is 71.4 cm³/mol. The number of hydrogen-bond acceptors (Lipinski definition) is 4. The van der Waals surface area contributed by atoms with E-state index < -0.39 is 0 Å². The molecule has 0 saturated carbocycles. The first-order valence-electron chi connectivity index (χ1n) is 5.91. The Morgan fingerprint density at radius 3 is 2.59 bits per heavy atom. The SMILES string of the molecule is COc1nc(N2CC(C)CC(C)C2)ncc1Br. The molecule has 0 aromatic carbocycles. The number of piperidine rings is 1. The van der Waals surface area contributed by atoms with Crippen molar-refractivity contribution in [2.75, 3.05) is 25.1 Å². The fourth-order valence-corrected chi connectivity index (χ4v) is 2.82. The molecule has 1 aromatic rings. The summed E-state index contributed by atoms with van der Waals surface area (Å²) in [7, 11) is 1.62. The second-order valence-corrected chi connectivity index (χ2v) is 5.73. The highest BCUT2D eigenvalue weighted by molar-refractivity contribution is 9.10. The van der Waals surface area contributed by atoms with Gasteiger partial charge in [0.1, 0.15) is 0 Å². The van der Waals surface area contributed by atoms with Gasteiger partial charge < -0.3 is 9.64 Å². The standard InChI is InChI=1S/C12H18BrN3O/c1-8-4-9(2)7-16(6-8)12-14-5-10(13)11(15-12)17-3/h5,8-9H,4,6-7H2,1-3H3. The number of hydrogen-bond donors (Lipinski definition) is 0. The molecule has 0 spiro atoms. The van der Waals surface area contributed by atoms with Gasteiger partial charge in [0.05, 0.1) is 17.8 Å². The van der Waals surface area contributed by atoms with E-state index in [9.17, 15) is 0 Å². The van der Waals surface area contributed by atoms with Gasteiger partial charge in [0.15, 0.2) is 0 Å². The number of aromatic nitrogens is 2. The molecule has 0 radical (unpaired) electrons. The van der Waals surface area contributed by atoms with Gasteiger partial charge in [0, 0.05) is 13.1 Å². The second kappa shape index (κ2) is 5.21. The van der Waals surface area contributed by atoms with Gasteiger partial charge in [0.25, 0.3) is 0 Å². The van der Waals surface area contributed by atoms with E-state index in [1.54, 1.807) is 13.3 Å². The van der Waals surface area contributed by atoms with Crippen molar-refractivity contribution in [3.8, 4) is 5.88 Å². The van der Waals surface area contributed by atoms with Crippen molar-refractivity contribution in [3.63, 3.8) is 0 Å². The summed E-state index contributed by atoms with van der Waals surface area (Å²) >= 11 is 3.37. The normalized spacial score (nSPS) is 24.8. The molecule has 2 unspecified atom stereocenters. The Hall–Kier alpha value is -0.840. The molecule has 2 rings (SSSR count). The monoisotopic (exact) mass is 299 g/mol. The molecular weight excluding hydrogens is 282 g/mol. The minimum Gasteiger partial charge on any atom is -0.480 e. The second-order valence-electron chi connectivity index (χ2n) is 4.88. The Balaban J connectivity index is 2.21. The summed E-state index contributed by atoms with van der Waals surface area (Å²) in [6.07, 6.45) is 3.04. The molecule has 1 aliphatic heterocycles. The summed E-state index contributed by atoms with van der Waals surface area (Å²) in [5.41, 5.74) is 0. The van der Waals surface area contributed by atoms with Gasteiger partial charge in [0.2, 0.25) is 11.8 Å². The maximum atomic E-state index is 5.21. The minimum atomic E-state index is 0.598. The maximum Gasteiger partial charge on any atom is 0.232 e. The third kappa shape index (κ3) is 2.89. The van der Waals surface area contributed by atoms with E-state index in [2.05, 4.69) is 44.6 Å². The molecule has 1 fully saturated rings. The number of rotatable bonds is 2. The Morgan fingerprint density at radius 2 is 2.00 bits per heavy atom. The molecule has 1 saturated heterocycles. The molecule has 17 heavy (non-hydrogen) atoms. The molecule has 0 amide bonds. The van der Waals surface area contributed by atoms with Crippen LogP contribution in [0.1, 0.15) is 20.3 Å². The number of methoxy groups -OCH3 is 1. The van der Waals surface area contributed by atoms with E-state index in [4.69, 9.17) is 4.74 Å². The third-order valence-electron chi connectivity index (χ3n) is 3.04. The number of ether oxygens (including phenoxy) is 1. The average molecular weight is 300 g/mol. The first-order valence-corrected chi connectivity index (χ1v) is 6.71. The average Bonchev–Trinajstić information content (AvgIpc) is 2.28.